The molecule has 0 bridgehead atoms. The van der Waals surface area contributed by atoms with Gasteiger partial charge in [-0.3, -0.25) is 14.7 Å². The first kappa shape index (κ1) is 23.9. The van der Waals surface area contributed by atoms with E-state index in [1.54, 1.807) is 0 Å². The number of nitrogens with zero attached hydrogens (tertiary/aromatic N) is 3. The maximum absolute atomic E-state index is 12.0. The summed E-state index contributed by atoms with van der Waals surface area (Å²) in [6.07, 6.45) is 3.31. The Balaban J connectivity index is 0.00000300. The van der Waals surface area contributed by atoms with Crippen LogP contribution in [-0.4, -0.2) is 74.0 Å². The summed E-state index contributed by atoms with van der Waals surface area (Å²) in [5.74, 6) is 1.13. The fraction of sp³-hybridized carbons (Fsp3) is 0.636. The molecule has 0 spiro atoms. The zero-order valence-electron chi connectivity index (χ0n) is 18.0. The van der Waals surface area contributed by atoms with Gasteiger partial charge >= 0.3 is 0 Å². The Labute approximate surface area is 192 Å². The molecular formula is C22H36IN5O. The highest BCUT2D eigenvalue weighted by molar-refractivity contribution is 14.0. The van der Waals surface area contributed by atoms with Gasteiger partial charge < -0.3 is 15.5 Å². The molecule has 2 N–H and O–H groups in total. The molecule has 0 aromatic heterocycles. The molecule has 0 radical (unpaired) electrons. The second kappa shape index (κ2) is 11.2. The van der Waals surface area contributed by atoms with E-state index in [1.165, 1.54) is 5.56 Å². The van der Waals surface area contributed by atoms with Crippen molar-refractivity contribution in [3.05, 3.63) is 35.9 Å². The zero-order valence-corrected chi connectivity index (χ0v) is 20.3. The Bertz CT molecular complexity index is 667. The van der Waals surface area contributed by atoms with Crippen molar-refractivity contribution < 1.29 is 4.79 Å². The molecule has 1 aliphatic carbocycles. The molecular weight excluding hydrogens is 477 g/mol. The van der Waals surface area contributed by atoms with Crippen molar-refractivity contribution in [1.29, 1.82) is 0 Å². The van der Waals surface area contributed by atoms with Crippen molar-refractivity contribution in [3.8, 4) is 0 Å². The number of aliphatic imine (C=N–C) groups is 1. The lowest BCUT2D eigenvalue weighted by Crippen LogP contribution is -2.55. The van der Waals surface area contributed by atoms with E-state index in [-0.39, 0.29) is 35.3 Å². The molecule has 1 saturated carbocycles. The van der Waals surface area contributed by atoms with Crippen LogP contribution in [0.4, 0.5) is 0 Å². The average Bonchev–Trinajstić information content (AvgIpc) is 3.47. The number of guanidine groups is 1. The lowest BCUT2D eigenvalue weighted by molar-refractivity contribution is -0.122. The summed E-state index contributed by atoms with van der Waals surface area (Å²) >= 11 is 0. The van der Waals surface area contributed by atoms with Gasteiger partial charge in [-0.15, -0.1) is 24.0 Å². The van der Waals surface area contributed by atoms with Crippen molar-refractivity contribution >= 4 is 35.8 Å². The highest BCUT2D eigenvalue weighted by Crippen LogP contribution is 2.21. The average molecular weight is 513 g/mol. The van der Waals surface area contributed by atoms with Crippen LogP contribution in [0.25, 0.3) is 0 Å². The van der Waals surface area contributed by atoms with Crippen LogP contribution in [0, 0.1) is 5.41 Å². The summed E-state index contributed by atoms with van der Waals surface area (Å²) in [6, 6.07) is 11.1. The van der Waals surface area contributed by atoms with Crippen LogP contribution >= 0.6 is 24.0 Å². The van der Waals surface area contributed by atoms with Crippen molar-refractivity contribution in [2.75, 3.05) is 46.3 Å². The smallest absolute Gasteiger partial charge is 0.234 e. The Morgan fingerprint density at radius 3 is 2.38 bits per heavy atom. The predicted molar refractivity (Wildman–Crippen MR) is 130 cm³/mol. The minimum atomic E-state index is 0. The third kappa shape index (κ3) is 8.12. The van der Waals surface area contributed by atoms with Crippen LogP contribution < -0.4 is 10.6 Å². The lowest BCUT2D eigenvalue weighted by atomic mass is 9.86. The Morgan fingerprint density at radius 1 is 1.14 bits per heavy atom. The summed E-state index contributed by atoms with van der Waals surface area (Å²) < 4.78 is 0. The van der Waals surface area contributed by atoms with Crippen LogP contribution in [0.2, 0.25) is 0 Å². The van der Waals surface area contributed by atoms with Crippen LogP contribution in [-0.2, 0) is 11.2 Å². The third-order valence-electron chi connectivity index (χ3n) is 5.44. The van der Waals surface area contributed by atoms with Crippen molar-refractivity contribution in [3.63, 3.8) is 0 Å². The van der Waals surface area contributed by atoms with Gasteiger partial charge in [0.1, 0.15) is 0 Å². The standard InChI is InChI=1S/C22H35N5O.HI/c1-22(2,15-18-7-5-4-6-8-18)17-24-21(23-3)27-13-11-26(12-14-27)16-20(28)25-19-9-10-19;/h4-8,19H,9-17H2,1-3H3,(H,23,24)(H,25,28);1H. The minimum Gasteiger partial charge on any atom is -0.356 e. The topological polar surface area (TPSA) is 60.0 Å². The molecule has 1 aliphatic heterocycles. The molecule has 1 aromatic rings. The molecule has 1 amide bonds. The second-order valence-electron chi connectivity index (χ2n) is 8.83. The van der Waals surface area contributed by atoms with Crippen LogP contribution in [0.3, 0.4) is 0 Å². The van der Waals surface area contributed by atoms with E-state index in [0.717, 1.165) is 57.9 Å². The van der Waals surface area contributed by atoms with E-state index >= 15 is 0 Å². The van der Waals surface area contributed by atoms with Crippen LogP contribution in [0.15, 0.2) is 35.3 Å². The molecule has 162 valence electrons. The van der Waals surface area contributed by atoms with Gasteiger partial charge in [-0.25, -0.2) is 0 Å². The maximum Gasteiger partial charge on any atom is 0.234 e. The van der Waals surface area contributed by atoms with E-state index in [9.17, 15) is 4.79 Å². The molecule has 6 nitrogen and oxygen atoms in total. The number of piperazine rings is 1. The SMILES string of the molecule is CN=C(NCC(C)(C)Cc1ccccc1)N1CCN(CC(=O)NC2CC2)CC1.I. The van der Waals surface area contributed by atoms with E-state index in [2.05, 4.69) is 69.6 Å². The molecule has 0 atom stereocenters. The summed E-state index contributed by atoms with van der Waals surface area (Å²) in [4.78, 5) is 21.0. The van der Waals surface area contributed by atoms with Crippen molar-refractivity contribution in [1.82, 2.24) is 20.4 Å². The van der Waals surface area contributed by atoms with Gasteiger partial charge in [0.15, 0.2) is 5.96 Å². The monoisotopic (exact) mass is 513 g/mol. The van der Waals surface area contributed by atoms with Crippen molar-refractivity contribution in [2.45, 2.75) is 39.2 Å². The van der Waals surface area contributed by atoms with Gasteiger partial charge in [-0.2, -0.15) is 0 Å². The number of amides is 1. The van der Waals surface area contributed by atoms with Gasteiger partial charge in [-0.05, 0) is 30.2 Å². The number of rotatable bonds is 7. The van der Waals surface area contributed by atoms with Gasteiger partial charge in [-0.1, -0.05) is 44.2 Å². The van der Waals surface area contributed by atoms with E-state index < -0.39 is 0 Å². The molecule has 3 rings (SSSR count). The van der Waals surface area contributed by atoms with Crippen LogP contribution in [0.1, 0.15) is 32.3 Å². The first-order valence-electron chi connectivity index (χ1n) is 10.5. The number of carbonyl (C=O) groups excluding carboxylic acids is 1. The number of benzene rings is 1. The number of hydrogen-bond acceptors (Lipinski definition) is 3. The summed E-state index contributed by atoms with van der Waals surface area (Å²) in [7, 11) is 1.85. The van der Waals surface area contributed by atoms with Gasteiger partial charge in [0.2, 0.25) is 5.91 Å². The predicted octanol–water partition coefficient (Wildman–Crippen LogP) is 2.34. The van der Waals surface area contributed by atoms with E-state index in [0.29, 0.717) is 12.6 Å². The normalized spacial score (nSPS) is 18.2. The highest BCUT2D eigenvalue weighted by atomic mass is 127. The molecule has 29 heavy (non-hydrogen) atoms. The quantitative estimate of drug-likeness (QED) is 0.334. The number of nitrogens with one attached hydrogen (secondary N) is 2. The maximum atomic E-state index is 12.0. The number of halogens is 1. The Kier molecular flexibility index (Phi) is 9.20. The summed E-state index contributed by atoms with van der Waals surface area (Å²) in [6.45, 7) is 9.55. The van der Waals surface area contributed by atoms with E-state index in [4.69, 9.17) is 0 Å². The fourth-order valence-corrected chi connectivity index (χ4v) is 3.68. The van der Waals surface area contributed by atoms with Crippen LogP contribution in [0.5, 0.6) is 0 Å². The highest BCUT2D eigenvalue weighted by Gasteiger charge is 2.26. The van der Waals surface area contributed by atoms with E-state index in [1.807, 2.05) is 7.05 Å². The van der Waals surface area contributed by atoms with Gasteiger partial charge in [0.05, 0.1) is 6.54 Å². The third-order valence-corrected chi connectivity index (χ3v) is 5.44. The summed E-state index contributed by atoms with van der Waals surface area (Å²) in [5, 5.41) is 6.64. The zero-order chi connectivity index (χ0) is 20.0. The minimum absolute atomic E-state index is 0. The summed E-state index contributed by atoms with van der Waals surface area (Å²) in [5.41, 5.74) is 1.50. The molecule has 2 fully saturated rings. The number of carbonyl (C=O) groups is 1. The molecule has 0 unspecified atom stereocenters. The second-order valence-corrected chi connectivity index (χ2v) is 8.83. The molecule has 1 aromatic carbocycles. The Hall–Kier alpha value is -1.35. The Morgan fingerprint density at radius 2 is 1.79 bits per heavy atom. The lowest BCUT2D eigenvalue weighted by Gasteiger charge is -2.37. The number of hydrogen-bond donors (Lipinski definition) is 2. The molecule has 1 saturated heterocycles. The van der Waals surface area contributed by atoms with Crippen molar-refractivity contribution in [2.24, 2.45) is 10.4 Å². The molecule has 2 aliphatic rings. The molecule has 7 heteroatoms. The van der Waals surface area contributed by atoms with Gasteiger partial charge in [0.25, 0.3) is 0 Å². The molecule has 1 heterocycles. The largest absolute Gasteiger partial charge is 0.356 e. The first-order valence-corrected chi connectivity index (χ1v) is 10.5. The first-order chi connectivity index (χ1) is 13.4. The fourth-order valence-electron chi connectivity index (χ4n) is 3.68. The van der Waals surface area contributed by atoms with Gasteiger partial charge in [0, 0.05) is 45.8 Å².